The van der Waals surface area contributed by atoms with Crippen molar-refractivity contribution in [3.05, 3.63) is 64.8 Å². The van der Waals surface area contributed by atoms with Gasteiger partial charge in [0.2, 0.25) is 11.8 Å². The number of thiazole rings is 1. The summed E-state index contributed by atoms with van der Waals surface area (Å²) in [6.45, 7) is 3.40. The molecule has 0 spiro atoms. The van der Waals surface area contributed by atoms with E-state index in [1.807, 2.05) is 48.7 Å². The molecular formula is C20H18ClN3O2S. The molecule has 5 nitrogen and oxygen atoms in total. The molecule has 0 bridgehead atoms. The van der Waals surface area contributed by atoms with E-state index in [2.05, 4.69) is 15.3 Å². The van der Waals surface area contributed by atoms with Crippen molar-refractivity contribution < 1.29 is 9.53 Å². The number of nitrogens with zero attached hydrogens (tertiary/aromatic N) is 2. The molecule has 0 unspecified atom stereocenters. The number of rotatable bonds is 6. The van der Waals surface area contributed by atoms with Crippen molar-refractivity contribution >= 4 is 34.9 Å². The molecule has 0 aliphatic rings. The van der Waals surface area contributed by atoms with Gasteiger partial charge in [-0.15, -0.1) is 11.3 Å². The van der Waals surface area contributed by atoms with Gasteiger partial charge < -0.3 is 10.1 Å². The van der Waals surface area contributed by atoms with Crippen molar-refractivity contribution in [2.75, 3.05) is 0 Å². The number of amides is 1. The largest absolute Gasteiger partial charge is 0.437 e. The van der Waals surface area contributed by atoms with E-state index in [0.29, 0.717) is 16.7 Å². The van der Waals surface area contributed by atoms with Crippen molar-refractivity contribution in [3.8, 4) is 22.2 Å². The Bertz CT molecular complexity index is 940. The van der Waals surface area contributed by atoms with E-state index in [-0.39, 0.29) is 11.9 Å². The van der Waals surface area contributed by atoms with E-state index in [0.717, 1.165) is 16.1 Å². The van der Waals surface area contributed by atoms with Gasteiger partial charge in [-0.05, 0) is 36.8 Å². The van der Waals surface area contributed by atoms with E-state index >= 15 is 0 Å². The number of carbonyl (C=O) groups excluding carboxylic acids is 1. The zero-order valence-corrected chi connectivity index (χ0v) is 16.4. The van der Waals surface area contributed by atoms with Crippen LogP contribution < -0.4 is 10.1 Å². The van der Waals surface area contributed by atoms with Crippen LogP contribution in [-0.4, -0.2) is 21.9 Å². The maximum atomic E-state index is 11.0. The number of carbonyl (C=O) groups is 1. The van der Waals surface area contributed by atoms with Gasteiger partial charge >= 0.3 is 0 Å². The fourth-order valence-electron chi connectivity index (χ4n) is 2.37. The fourth-order valence-corrected chi connectivity index (χ4v) is 3.22. The van der Waals surface area contributed by atoms with Crippen LogP contribution in [0, 0.1) is 0 Å². The Morgan fingerprint density at radius 3 is 2.78 bits per heavy atom. The van der Waals surface area contributed by atoms with Crippen molar-refractivity contribution in [3.63, 3.8) is 0 Å². The second-order valence-electron chi connectivity index (χ2n) is 5.86. The molecule has 0 saturated carbocycles. The lowest BCUT2D eigenvalue weighted by atomic mass is 10.2. The number of hydrogen-bond donors (Lipinski definition) is 1. The number of pyridine rings is 1. The summed E-state index contributed by atoms with van der Waals surface area (Å²) in [5.74, 6) is 0.921. The Morgan fingerprint density at radius 2 is 2.15 bits per heavy atom. The molecule has 0 radical (unpaired) electrons. The van der Waals surface area contributed by atoms with Crippen LogP contribution in [0.1, 0.15) is 19.4 Å². The zero-order chi connectivity index (χ0) is 19.2. The first-order chi connectivity index (χ1) is 13.0. The minimum Gasteiger partial charge on any atom is -0.437 e. The quantitative estimate of drug-likeness (QED) is 0.619. The summed E-state index contributed by atoms with van der Waals surface area (Å²) in [6, 6.07) is 9.17. The molecule has 3 aromatic rings. The summed E-state index contributed by atoms with van der Waals surface area (Å²) in [4.78, 5) is 19.6. The Hall–Kier alpha value is -2.70. The van der Waals surface area contributed by atoms with Gasteiger partial charge in [-0.3, -0.25) is 4.79 Å². The highest BCUT2D eigenvalue weighted by Crippen LogP contribution is 2.33. The number of halogens is 1. The number of nitrogens with one attached hydrogen (secondary N) is 1. The molecule has 0 aliphatic carbocycles. The lowest BCUT2D eigenvalue weighted by molar-refractivity contribution is -0.119. The van der Waals surface area contributed by atoms with E-state index in [1.165, 1.54) is 6.92 Å². The molecule has 27 heavy (non-hydrogen) atoms. The molecule has 3 rings (SSSR count). The summed E-state index contributed by atoms with van der Waals surface area (Å²) in [7, 11) is 0. The molecule has 0 saturated heterocycles. The molecule has 0 fully saturated rings. The standard InChI is InChI=1S/C20H18ClN3O2S/c1-13(24-14(2)25)3-4-15-5-8-19(23-12-15)26-18-7-6-16(11-17(18)21)20-22-9-10-27-20/h3-13H,1-2H3,(H,24,25)/b4-3+/t13-/m0/s1. The second kappa shape index (κ2) is 8.79. The number of aromatic nitrogens is 2. The third-order valence-electron chi connectivity index (χ3n) is 3.59. The van der Waals surface area contributed by atoms with Crippen LogP contribution in [0.15, 0.2) is 54.2 Å². The summed E-state index contributed by atoms with van der Waals surface area (Å²) < 4.78 is 5.77. The van der Waals surface area contributed by atoms with Crippen LogP contribution in [0.5, 0.6) is 11.6 Å². The van der Waals surface area contributed by atoms with Gasteiger partial charge in [0.25, 0.3) is 0 Å². The number of benzene rings is 1. The molecule has 1 amide bonds. The highest BCUT2D eigenvalue weighted by molar-refractivity contribution is 7.13. The molecule has 2 heterocycles. The third kappa shape index (κ3) is 5.39. The molecule has 0 aliphatic heterocycles. The first-order valence-electron chi connectivity index (χ1n) is 8.30. The minimum atomic E-state index is -0.0632. The van der Waals surface area contributed by atoms with Crippen LogP contribution in [0.4, 0.5) is 0 Å². The average molecular weight is 400 g/mol. The van der Waals surface area contributed by atoms with E-state index in [4.69, 9.17) is 16.3 Å². The molecule has 2 aromatic heterocycles. The maximum absolute atomic E-state index is 11.0. The van der Waals surface area contributed by atoms with Gasteiger partial charge in [-0.1, -0.05) is 23.8 Å². The SMILES string of the molecule is CC(=O)N[C@@H](C)/C=C/c1ccc(Oc2ccc(-c3nccs3)cc2Cl)nc1. The zero-order valence-electron chi connectivity index (χ0n) is 14.8. The summed E-state index contributed by atoms with van der Waals surface area (Å²) in [5.41, 5.74) is 1.86. The van der Waals surface area contributed by atoms with Crippen LogP contribution in [0.25, 0.3) is 16.6 Å². The van der Waals surface area contributed by atoms with Gasteiger partial charge in [0.15, 0.2) is 0 Å². The number of hydrogen-bond acceptors (Lipinski definition) is 5. The van der Waals surface area contributed by atoms with Crippen LogP contribution in [-0.2, 0) is 4.79 Å². The summed E-state index contributed by atoms with van der Waals surface area (Å²) >= 11 is 7.89. The minimum absolute atomic E-state index is 0.0476. The summed E-state index contributed by atoms with van der Waals surface area (Å²) in [6.07, 6.45) is 7.25. The lowest BCUT2D eigenvalue weighted by Gasteiger charge is -2.08. The molecule has 1 N–H and O–H groups in total. The van der Waals surface area contributed by atoms with Crippen molar-refractivity contribution in [1.82, 2.24) is 15.3 Å². The molecule has 1 aromatic carbocycles. The Kier molecular flexibility index (Phi) is 6.21. The van der Waals surface area contributed by atoms with E-state index in [1.54, 1.807) is 29.8 Å². The van der Waals surface area contributed by atoms with Gasteiger partial charge in [0, 0.05) is 42.4 Å². The van der Waals surface area contributed by atoms with Gasteiger partial charge in [-0.2, -0.15) is 0 Å². The maximum Gasteiger partial charge on any atom is 0.219 e. The molecular weight excluding hydrogens is 382 g/mol. The van der Waals surface area contributed by atoms with Crippen LogP contribution in [0.2, 0.25) is 5.02 Å². The third-order valence-corrected chi connectivity index (χ3v) is 4.71. The predicted molar refractivity (Wildman–Crippen MR) is 109 cm³/mol. The summed E-state index contributed by atoms with van der Waals surface area (Å²) in [5, 5.41) is 6.12. The topological polar surface area (TPSA) is 64.1 Å². The second-order valence-corrected chi connectivity index (χ2v) is 7.16. The van der Waals surface area contributed by atoms with E-state index < -0.39 is 0 Å². The first kappa shape index (κ1) is 19.1. The van der Waals surface area contributed by atoms with Crippen LogP contribution >= 0.6 is 22.9 Å². The lowest BCUT2D eigenvalue weighted by Crippen LogP contribution is -2.28. The Balaban J connectivity index is 1.66. The Labute approximate surface area is 166 Å². The normalized spacial score (nSPS) is 12.1. The highest BCUT2D eigenvalue weighted by atomic mass is 35.5. The monoisotopic (exact) mass is 399 g/mol. The van der Waals surface area contributed by atoms with Crippen molar-refractivity contribution in [2.45, 2.75) is 19.9 Å². The van der Waals surface area contributed by atoms with Crippen molar-refractivity contribution in [1.29, 1.82) is 0 Å². The molecule has 7 heteroatoms. The van der Waals surface area contributed by atoms with Crippen LogP contribution in [0.3, 0.4) is 0 Å². The first-order valence-corrected chi connectivity index (χ1v) is 9.55. The molecule has 1 atom stereocenters. The highest BCUT2D eigenvalue weighted by Gasteiger charge is 2.08. The van der Waals surface area contributed by atoms with Crippen molar-refractivity contribution in [2.24, 2.45) is 0 Å². The van der Waals surface area contributed by atoms with Gasteiger partial charge in [0.05, 0.1) is 5.02 Å². The smallest absolute Gasteiger partial charge is 0.219 e. The Morgan fingerprint density at radius 1 is 1.30 bits per heavy atom. The fraction of sp³-hybridized carbons (Fsp3) is 0.150. The average Bonchev–Trinajstić information content (AvgIpc) is 3.17. The van der Waals surface area contributed by atoms with Gasteiger partial charge in [-0.25, -0.2) is 9.97 Å². The number of ether oxygens (including phenoxy) is 1. The van der Waals surface area contributed by atoms with Gasteiger partial charge in [0.1, 0.15) is 10.8 Å². The van der Waals surface area contributed by atoms with E-state index in [9.17, 15) is 4.79 Å². The predicted octanol–water partition coefficient (Wildman–Crippen LogP) is 5.19. The molecule has 138 valence electrons.